The Hall–Kier alpha value is -9.67. The van der Waals surface area contributed by atoms with Gasteiger partial charge in [-0.05, 0) is 214 Å². The summed E-state index contributed by atoms with van der Waals surface area (Å²) in [6.07, 6.45) is 30.4. The molecule has 0 amide bonds. The van der Waals surface area contributed by atoms with Crippen molar-refractivity contribution in [2.75, 3.05) is 0 Å². The topological polar surface area (TPSA) is 260 Å². The van der Waals surface area contributed by atoms with Crippen molar-refractivity contribution in [1.29, 1.82) is 0 Å². The van der Waals surface area contributed by atoms with Crippen LogP contribution in [-0.4, -0.2) is 30.6 Å². The van der Waals surface area contributed by atoms with Crippen molar-refractivity contribution in [3.63, 3.8) is 0 Å². The predicted molar refractivity (Wildman–Crippen MR) is 559 cm³/mol. The van der Waals surface area contributed by atoms with Crippen LogP contribution in [0.15, 0.2) is 321 Å². The van der Waals surface area contributed by atoms with E-state index in [1.807, 2.05) is 72.8 Å². The standard InChI is InChI=1S/6C14H22O.3C12H10O2S.2Fe/c6*1-4-5-6-11-14(2,3)12-7-9-13(15)10-8-12;3*13-9-5-1-3-7-11(9)15-12-8-4-2-6-10(12)14;;/h6*7-10,15H,4-6,11H2,1-3H3;3*1-8,13-14H;;/q;;;;;;;;;2*+3/p-6. The Morgan fingerprint density at radius 1 is 0.175 bits per heavy atom. The summed E-state index contributed by atoms with van der Waals surface area (Å²) in [6, 6.07) is 85.8. The zero-order chi connectivity index (χ0) is 99.9. The van der Waals surface area contributed by atoms with Crippen LogP contribution < -0.4 is 30.6 Å². The average Bonchev–Trinajstić information content (AvgIpc) is 0.850. The average molecular weight is 2000 g/mol. The van der Waals surface area contributed by atoms with Crippen molar-refractivity contribution in [2.24, 2.45) is 0 Å². The summed E-state index contributed by atoms with van der Waals surface area (Å²) in [7, 11) is 0. The SMILES string of the molecule is CCCCCC(C)(C)c1ccc(O)cc1.CCCCCC(C)(C)c1ccc(O)cc1.CCCCCC(C)(C)c1ccc(O)cc1.CCCCCC(C)(C)c1ccc(O)cc1.CCCCCC(C)(C)c1ccc(O)cc1.CCCCCC(C)(C)c1ccc(O)cc1.[Fe+3].[Fe+3].[O-]c1ccccc1Sc1ccccc1[O-].[O-]c1ccccc1Sc1ccccc1[O-].[O-]c1ccccc1Sc1ccccc1[O-]. The number of unbranched alkanes of at least 4 members (excludes halogenated alkanes) is 12. The zero-order valence-electron chi connectivity index (χ0n) is 84.7. The molecule has 0 aliphatic carbocycles. The predicted octanol–water partition coefficient (Wildman–Crippen LogP) is 31.5. The van der Waals surface area contributed by atoms with Crippen LogP contribution in [0.3, 0.4) is 0 Å². The molecule has 0 fully saturated rings. The minimum absolute atomic E-state index is 0. The largest absolute Gasteiger partial charge is 3.00 e. The van der Waals surface area contributed by atoms with E-state index in [9.17, 15) is 61.3 Å². The molecule has 0 unspecified atom stereocenters. The fourth-order valence-corrected chi connectivity index (χ4v) is 17.4. The van der Waals surface area contributed by atoms with Gasteiger partial charge in [0.1, 0.15) is 34.5 Å². The van der Waals surface area contributed by atoms with Crippen molar-refractivity contribution in [3.05, 3.63) is 325 Å². The number of benzene rings is 12. The zero-order valence-corrected chi connectivity index (χ0v) is 89.4. The number of phenols is 6. The van der Waals surface area contributed by atoms with Crippen molar-refractivity contribution in [2.45, 2.75) is 341 Å². The van der Waals surface area contributed by atoms with Gasteiger partial charge in [-0.3, -0.25) is 0 Å². The van der Waals surface area contributed by atoms with Gasteiger partial charge in [-0.1, -0.05) is 492 Å². The molecular formula is C120H156Fe2O12S3. The first-order valence-corrected chi connectivity index (χ1v) is 51.0. The summed E-state index contributed by atoms with van der Waals surface area (Å²) in [5.41, 5.74) is 9.25. The molecule has 0 bridgehead atoms. The molecule has 0 spiro atoms. The minimum atomic E-state index is -0.0502. The molecule has 12 rings (SSSR count). The third kappa shape index (κ3) is 48.7. The fourth-order valence-electron chi connectivity index (χ4n) is 14.8. The van der Waals surface area contributed by atoms with Gasteiger partial charge < -0.3 is 61.3 Å². The van der Waals surface area contributed by atoms with E-state index in [2.05, 4.69) is 125 Å². The third-order valence-corrected chi connectivity index (χ3v) is 27.4. The van der Waals surface area contributed by atoms with Gasteiger partial charge in [0.2, 0.25) is 0 Å². The first kappa shape index (κ1) is 123. The molecule has 0 atom stereocenters. The first-order chi connectivity index (χ1) is 64.2. The van der Waals surface area contributed by atoms with E-state index in [-0.39, 0.29) is 101 Å². The number of para-hydroxylation sites is 6. The van der Waals surface area contributed by atoms with E-state index in [0.717, 1.165) is 0 Å². The molecule has 0 heterocycles. The number of aromatic hydroxyl groups is 6. The van der Waals surface area contributed by atoms with Gasteiger partial charge in [0, 0.05) is 29.4 Å². The van der Waals surface area contributed by atoms with Crippen molar-refractivity contribution in [1.82, 2.24) is 0 Å². The second-order valence-corrected chi connectivity index (χ2v) is 41.6. The van der Waals surface area contributed by atoms with E-state index >= 15 is 0 Å². The van der Waals surface area contributed by atoms with Gasteiger partial charge in [0.25, 0.3) is 0 Å². The van der Waals surface area contributed by atoms with E-state index in [4.69, 9.17) is 0 Å². The molecule has 0 saturated carbocycles. The molecule has 742 valence electrons. The van der Waals surface area contributed by atoms with Gasteiger partial charge >= 0.3 is 34.1 Å². The maximum atomic E-state index is 11.4. The third-order valence-electron chi connectivity index (χ3n) is 24.1. The maximum absolute atomic E-state index is 11.4. The molecular weight excluding hydrogens is 1840 g/mol. The van der Waals surface area contributed by atoms with Crippen molar-refractivity contribution < 1.29 is 95.4 Å². The summed E-state index contributed by atoms with van der Waals surface area (Å²) in [6.45, 7) is 40.7. The van der Waals surface area contributed by atoms with Gasteiger partial charge in [0.15, 0.2) is 0 Å². The Morgan fingerprint density at radius 2 is 0.285 bits per heavy atom. The smallest absolute Gasteiger partial charge is 0.872 e. The maximum Gasteiger partial charge on any atom is 3.00 e. The number of hydrogen-bond acceptors (Lipinski definition) is 15. The normalized spacial score (nSPS) is 11.0. The van der Waals surface area contributed by atoms with Crippen LogP contribution >= 0.6 is 35.3 Å². The van der Waals surface area contributed by atoms with E-state index < -0.39 is 0 Å². The van der Waals surface area contributed by atoms with Crippen LogP contribution in [0.5, 0.6) is 69.0 Å². The molecule has 137 heavy (non-hydrogen) atoms. The molecule has 0 aliphatic rings. The Bertz CT molecular complexity index is 4340. The number of phenolic OH excluding ortho intramolecular Hbond substituents is 6. The molecule has 12 nitrogen and oxygen atoms in total. The molecule has 0 aromatic heterocycles. The number of rotatable bonds is 36. The van der Waals surface area contributed by atoms with Crippen LogP contribution in [-0.2, 0) is 66.6 Å². The van der Waals surface area contributed by atoms with Crippen molar-refractivity contribution in [3.8, 4) is 69.0 Å². The van der Waals surface area contributed by atoms with E-state index in [0.29, 0.717) is 63.9 Å². The van der Waals surface area contributed by atoms with Gasteiger partial charge in [-0.15, -0.1) is 0 Å². The van der Waals surface area contributed by atoms with Gasteiger partial charge in [0.05, 0.1) is 0 Å². The van der Waals surface area contributed by atoms with Gasteiger partial charge in [-0.25, -0.2) is 0 Å². The van der Waals surface area contributed by atoms with Crippen LogP contribution in [0.1, 0.15) is 312 Å². The van der Waals surface area contributed by atoms with Crippen LogP contribution in [0.2, 0.25) is 0 Å². The van der Waals surface area contributed by atoms with E-state index in [1.54, 1.807) is 182 Å². The van der Waals surface area contributed by atoms with Crippen LogP contribution in [0.4, 0.5) is 0 Å². The molecule has 2 radical (unpaired) electrons. The van der Waals surface area contributed by atoms with Crippen LogP contribution in [0, 0.1) is 0 Å². The molecule has 12 aromatic rings. The summed E-state index contributed by atoms with van der Waals surface area (Å²) in [5.74, 6) is 1.80. The molecule has 12 aromatic carbocycles. The van der Waals surface area contributed by atoms with Gasteiger partial charge in [-0.2, -0.15) is 0 Å². The number of hydrogen-bond donors (Lipinski definition) is 6. The molecule has 0 aliphatic heterocycles. The summed E-state index contributed by atoms with van der Waals surface area (Å²) in [4.78, 5) is 3.50. The van der Waals surface area contributed by atoms with E-state index in [1.165, 1.54) is 259 Å². The molecule has 17 heteroatoms. The summed E-state index contributed by atoms with van der Waals surface area (Å²) < 4.78 is 0. The first-order valence-electron chi connectivity index (χ1n) is 48.5. The fraction of sp³-hybridized carbons (Fsp3) is 0.400. The second-order valence-electron chi connectivity index (χ2n) is 38.3. The quantitative estimate of drug-likeness (QED) is 0.0158. The summed E-state index contributed by atoms with van der Waals surface area (Å²) in [5, 5.41) is 124. The molecule has 0 saturated heterocycles. The Kier molecular flexibility index (Phi) is 59.5. The van der Waals surface area contributed by atoms with Crippen LogP contribution in [0.25, 0.3) is 0 Å². The minimum Gasteiger partial charge on any atom is -0.872 e. The Morgan fingerprint density at radius 3 is 0.387 bits per heavy atom. The molecule has 6 N–H and O–H groups in total. The Balaban J connectivity index is 0.000000520. The summed E-state index contributed by atoms with van der Waals surface area (Å²) >= 11 is 3.65. The second kappa shape index (κ2) is 66.0. The Labute approximate surface area is 858 Å². The monoisotopic (exact) mass is 2000 g/mol. The van der Waals surface area contributed by atoms with Crippen molar-refractivity contribution >= 4 is 35.3 Å².